The fourth-order valence-electron chi connectivity index (χ4n) is 4.60. The van der Waals surface area contributed by atoms with Crippen LogP contribution in [0.5, 0.6) is 0 Å². The fourth-order valence-corrected chi connectivity index (χ4v) is 4.60. The van der Waals surface area contributed by atoms with Crippen molar-refractivity contribution in [3.63, 3.8) is 0 Å². The molecule has 3 aromatic carbocycles. The van der Waals surface area contributed by atoms with Gasteiger partial charge in [0.15, 0.2) is 0 Å². The van der Waals surface area contributed by atoms with Gasteiger partial charge in [-0.3, -0.25) is 0 Å². The lowest BCUT2D eigenvalue weighted by Gasteiger charge is -2.26. The average Bonchev–Trinajstić information content (AvgIpc) is 2.78. The van der Waals surface area contributed by atoms with Gasteiger partial charge in [-0.05, 0) is 83.4 Å². The van der Waals surface area contributed by atoms with E-state index in [-0.39, 0.29) is 0 Å². The van der Waals surface area contributed by atoms with E-state index < -0.39 is 0 Å². The van der Waals surface area contributed by atoms with Gasteiger partial charge < -0.3 is 0 Å². The number of hydrogen-bond donors (Lipinski definition) is 0. The largest absolute Gasteiger partial charge is 0.103 e. The second-order valence-electron chi connectivity index (χ2n) is 8.44. The minimum atomic E-state index is 0.660. The second kappa shape index (κ2) is 9.27. The number of fused-ring (bicyclic) bond motifs is 1. The minimum absolute atomic E-state index is 0.660. The van der Waals surface area contributed by atoms with Crippen LogP contribution < -0.4 is 0 Å². The molecule has 0 saturated heterocycles. The average molecular weight is 381 g/mol. The van der Waals surface area contributed by atoms with Crippen molar-refractivity contribution in [1.29, 1.82) is 0 Å². The zero-order valence-electron chi connectivity index (χ0n) is 17.7. The number of rotatable bonds is 7. The molecule has 0 radical (unpaired) electrons. The van der Waals surface area contributed by atoms with Crippen LogP contribution in [0.4, 0.5) is 0 Å². The first-order valence-electron chi connectivity index (χ1n) is 11.2. The zero-order valence-corrected chi connectivity index (χ0v) is 17.7. The number of aryl methyl sites for hydroxylation is 3. The zero-order chi connectivity index (χ0) is 20.1. The highest BCUT2D eigenvalue weighted by Crippen LogP contribution is 2.35. The van der Waals surface area contributed by atoms with Crippen LogP contribution in [0, 0.1) is 0 Å². The summed E-state index contributed by atoms with van der Waals surface area (Å²) in [6.07, 6.45) is 10.1. The normalized spacial score (nSPS) is 15.7. The van der Waals surface area contributed by atoms with Crippen molar-refractivity contribution in [3.05, 3.63) is 107 Å². The summed E-state index contributed by atoms with van der Waals surface area (Å²) in [5.41, 5.74) is 10.1. The molecule has 0 saturated carbocycles. The molecule has 1 atom stereocenters. The molecular weight excluding hydrogens is 348 g/mol. The van der Waals surface area contributed by atoms with E-state index in [4.69, 9.17) is 0 Å². The molecule has 0 heterocycles. The maximum atomic E-state index is 3.82. The summed E-state index contributed by atoms with van der Waals surface area (Å²) in [6, 6.07) is 25.5. The molecule has 0 bridgehead atoms. The van der Waals surface area contributed by atoms with E-state index >= 15 is 0 Å². The van der Waals surface area contributed by atoms with E-state index in [9.17, 15) is 0 Å². The van der Waals surface area contributed by atoms with Gasteiger partial charge in [-0.1, -0.05) is 86.2 Å². The third-order valence-electron chi connectivity index (χ3n) is 6.35. The van der Waals surface area contributed by atoms with Gasteiger partial charge in [-0.2, -0.15) is 0 Å². The highest BCUT2D eigenvalue weighted by molar-refractivity contribution is 5.65. The first-order valence-corrected chi connectivity index (χ1v) is 11.2. The van der Waals surface area contributed by atoms with Crippen LogP contribution in [0.25, 0.3) is 11.1 Å². The van der Waals surface area contributed by atoms with Crippen molar-refractivity contribution in [3.8, 4) is 11.1 Å². The number of hydrogen-bond acceptors (Lipinski definition) is 0. The Kier molecular flexibility index (Phi) is 6.30. The smallest absolute Gasteiger partial charge is 0.0118 e. The van der Waals surface area contributed by atoms with Crippen molar-refractivity contribution in [2.24, 2.45) is 0 Å². The Morgan fingerprint density at radius 2 is 1.52 bits per heavy atom. The molecule has 0 heteroatoms. The Morgan fingerprint density at radius 3 is 2.24 bits per heavy atom. The minimum Gasteiger partial charge on any atom is -0.103 e. The molecule has 0 nitrogen and oxygen atoms in total. The van der Waals surface area contributed by atoms with E-state index in [0.29, 0.717) is 5.92 Å². The highest BCUT2D eigenvalue weighted by atomic mass is 14.2. The van der Waals surface area contributed by atoms with Crippen LogP contribution in [0.2, 0.25) is 0 Å². The lowest BCUT2D eigenvalue weighted by molar-refractivity contribution is 0.585. The summed E-state index contributed by atoms with van der Waals surface area (Å²) in [5.74, 6) is 0.660. The van der Waals surface area contributed by atoms with Gasteiger partial charge in [0.25, 0.3) is 0 Å². The van der Waals surface area contributed by atoms with Gasteiger partial charge in [-0.25, -0.2) is 0 Å². The summed E-state index contributed by atoms with van der Waals surface area (Å²) in [7, 11) is 0. The standard InChI is InChI=1S/C29H32/c1-3-5-7-23-10-14-25(15-11-23)27-17-19-28-20-26(16-18-29(28)21-27)24-12-8-22(6-4-2)9-13-24/h3,8-15,17,19,21,26H,1,4-7,16,18,20H2,2H3. The van der Waals surface area contributed by atoms with Crippen LogP contribution in [0.15, 0.2) is 79.4 Å². The summed E-state index contributed by atoms with van der Waals surface area (Å²) in [6.45, 7) is 6.07. The fraction of sp³-hybridized carbons (Fsp3) is 0.310. The molecule has 0 spiro atoms. The van der Waals surface area contributed by atoms with E-state index in [0.717, 1.165) is 12.8 Å². The first-order chi connectivity index (χ1) is 14.3. The molecule has 0 aliphatic heterocycles. The molecule has 1 aliphatic rings. The van der Waals surface area contributed by atoms with Crippen LogP contribution in [-0.2, 0) is 25.7 Å². The van der Waals surface area contributed by atoms with Crippen LogP contribution in [-0.4, -0.2) is 0 Å². The van der Waals surface area contributed by atoms with Crippen molar-refractivity contribution in [2.75, 3.05) is 0 Å². The maximum Gasteiger partial charge on any atom is -0.0118 e. The van der Waals surface area contributed by atoms with Crippen LogP contribution in [0.3, 0.4) is 0 Å². The SMILES string of the molecule is C=CCCc1ccc(-c2ccc3c(c2)CCC(c2ccc(CCC)cc2)C3)cc1. The number of benzene rings is 3. The van der Waals surface area contributed by atoms with Gasteiger partial charge >= 0.3 is 0 Å². The molecule has 3 aromatic rings. The van der Waals surface area contributed by atoms with Gasteiger partial charge in [0.05, 0.1) is 0 Å². The molecule has 4 rings (SSSR count). The highest BCUT2D eigenvalue weighted by Gasteiger charge is 2.20. The summed E-state index contributed by atoms with van der Waals surface area (Å²) >= 11 is 0. The molecule has 0 aromatic heterocycles. The lowest BCUT2D eigenvalue weighted by atomic mass is 9.79. The molecule has 1 aliphatic carbocycles. The van der Waals surface area contributed by atoms with Crippen LogP contribution in [0.1, 0.15) is 59.9 Å². The first kappa shape index (κ1) is 19.7. The predicted molar refractivity (Wildman–Crippen MR) is 126 cm³/mol. The van der Waals surface area contributed by atoms with E-state index in [1.165, 1.54) is 71.0 Å². The topological polar surface area (TPSA) is 0 Å². The van der Waals surface area contributed by atoms with Crippen molar-refractivity contribution in [2.45, 2.75) is 57.8 Å². The Bertz CT molecular complexity index is 944. The number of allylic oxidation sites excluding steroid dienone is 1. The predicted octanol–water partition coefficient (Wildman–Crippen LogP) is 7.70. The van der Waals surface area contributed by atoms with E-state index in [1.807, 2.05) is 6.08 Å². The van der Waals surface area contributed by atoms with Crippen molar-refractivity contribution in [1.82, 2.24) is 0 Å². The van der Waals surface area contributed by atoms with Gasteiger partial charge in [-0.15, -0.1) is 6.58 Å². The Labute approximate surface area is 176 Å². The van der Waals surface area contributed by atoms with Crippen molar-refractivity contribution < 1.29 is 0 Å². The summed E-state index contributed by atoms with van der Waals surface area (Å²) < 4.78 is 0. The third-order valence-corrected chi connectivity index (χ3v) is 6.35. The Hall–Kier alpha value is -2.60. The van der Waals surface area contributed by atoms with Gasteiger partial charge in [0.1, 0.15) is 0 Å². The molecule has 1 unspecified atom stereocenters. The van der Waals surface area contributed by atoms with Crippen molar-refractivity contribution >= 4 is 0 Å². The van der Waals surface area contributed by atoms with E-state index in [2.05, 4.69) is 80.2 Å². The van der Waals surface area contributed by atoms with Crippen LogP contribution >= 0.6 is 0 Å². The lowest BCUT2D eigenvalue weighted by Crippen LogP contribution is -2.13. The quantitative estimate of drug-likeness (QED) is 0.368. The Morgan fingerprint density at radius 1 is 0.828 bits per heavy atom. The molecular formula is C29H32. The monoisotopic (exact) mass is 380 g/mol. The second-order valence-corrected chi connectivity index (χ2v) is 8.44. The molecule has 148 valence electrons. The molecule has 0 N–H and O–H groups in total. The van der Waals surface area contributed by atoms with Gasteiger partial charge in [0.2, 0.25) is 0 Å². The van der Waals surface area contributed by atoms with Gasteiger partial charge in [0, 0.05) is 0 Å². The molecule has 0 fully saturated rings. The van der Waals surface area contributed by atoms with E-state index in [1.54, 1.807) is 0 Å². The molecule has 29 heavy (non-hydrogen) atoms. The maximum absolute atomic E-state index is 3.82. The molecule has 0 amide bonds. The summed E-state index contributed by atoms with van der Waals surface area (Å²) in [5, 5.41) is 0. The summed E-state index contributed by atoms with van der Waals surface area (Å²) in [4.78, 5) is 0. The third kappa shape index (κ3) is 4.70. The Balaban J connectivity index is 1.47.